The Labute approximate surface area is 123 Å². The maximum Gasteiger partial charge on any atom is 0.0121 e. The lowest BCUT2D eigenvalue weighted by Crippen LogP contribution is -2.52. The smallest absolute Gasteiger partial charge is 0.0121 e. The summed E-state index contributed by atoms with van der Waals surface area (Å²) in [6.45, 7) is 8.62. The molecule has 1 aromatic carbocycles. The topological polar surface area (TPSA) is 18.5 Å². The second-order valence-electron chi connectivity index (χ2n) is 6.09. The summed E-state index contributed by atoms with van der Waals surface area (Å²) >= 11 is 0. The minimum Gasteiger partial charge on any atom is -0.314 e. The highest BCUT2D eigenvalue weighted by Crippen LogP contribution is 2.17. The molecule has 2 heterocycles. The molecule has 0 aromatic heterocycles. The van der Waals surface area contributed by atoms with Crippen molar-refractivity contribution in [2.24, 2.45) is 0 Å². The number of nitrogens with one attached hydrogen (secondary N) is 1. The Morgan fingerprint density at radius 1 is 0.950 bits per heavy atom. The summed E-state index contributed by atoms with van der Waals surface area (Å²) in [7, 11) is 0. The van der Waals surface area contributed by atoms with Crippen molar-refractivity contribution in [3.63, 3.8) is 0 Å². The maximum absolute atomic E-state index is 3.45. The van der Waals surface area contributed by atoms with Gasteiger partial charge >= 0.3 is 0 Å². The fourth-order valence-corrected chi connectivity index (χ4v) is 3.49. The molecule has 0 saturated carbocycles. The summed E-state index contributed by atoms with van der Waals surface area (Å²) in [4.78, 5) is 5.34. The summed E-state index contributed by atoms with van der Waals surface area (Å²) < 4.78 is 0. The average molecular weight is 273 g/mol. The molecular formula is C17H27N3. The Hall–Kier alpha value is -0.900. The summed E-state index contributed by atoms with van der Waals surface area (Å²) in [5.41, 5.74) is 1.47. The second-order valence-corrected chi connectivity index (χ2v) is 6.09. The highest BCUT2D eigenvalue weighted by molar-refractivity contribution is 5.14. The summed E-state index contributed by atoms with van der Waals surface area (Å²) in [6.07, 6.45) is 3.91. The molecule has 0 bridgehead atoms. The molecule has 20 heavy (non-hydrogen) atoms. The van der Waals surface area contributed by atoms with Crippen LogP contribution in [0.2, 0.25) is 0 Å². The summed E-state index contributed by atoms with van der Waals surface area (Å²) in [6, 6.07) is 11.7. The van der Waals surface area contributed by atoms with E-state index in [4.69, 9.17) is 0 Å². The number of likely N-dealkylation sites (tertiary alicyclic amines) is 1. The first kappa shape index (κ1) is 14.1. The van der Waals surface area contributed by atoms with Gasteiger partial charge in [-0.25, -0.2) is 0 Å². The minimum absolute atomic E-state index is 0.838. The van der Waals surface area contributed by atoms with Crippen LogP contribution < -0.4 is 5.32 Å². The lowest BCUT2D eigenvalue weighted by molar-refractivity contribution is 0.0985. The van der Waals surface area contributed by atoms with Gasteiger partial charge in [0.1, 0.15) is 0 Å². The van der Waals surface area contributed by atoms with Crippen molar-refractivity contribution >= 4 is 0 Å². The van der Waals surface area contributed by atoms with Crippen molar-refractivity contribution < 1.29 is 0 Å². The zero-order valence-electron chi connectivity index (χ0n) is 12.4. The van der Waals surface area contributed by atoms with Crippen LogP contribution in [0.5, 0.6) is 0 Å². The van der Waals surface area contributed by atoms with Crippen LogP contribution >= 0.6 is 0 Å². The van der Waals surface area contributed by atoms with Crippen LogP contribution in [0.1, 0.15) is 18.4 Å². The molecule has 3 rings (SSSR count). The zero-order valence-corrected chi connectivity index (χ0v) is 12.4. The molecule has 110 valence electrons. The van der Waals surface area contributed by atoms with Crippen LogP contribution in [0.3, 0.4) is 0 Å². The van der Waals surface area contributed by atoms with E-state index in [-0.39, 0.29) is 0 Å². The van der Waals surface area contributed by atoms with Crippen LogP contribution in [0.25, 0.3) is 0 Å². The van der Waals surface area contributed by atoms with E-state index in [0.717, 1.165) is 6.04 Å². The molecule has 0 spiro atoms. The van der Waals surface area contributed by atoms with Crippen molar-refractivity contribution in [2.45, 2.75) is 25.3 Å². The summed E-state index contributed by atoms with van der Waals surface area (Å²) in [5.74, 6) is 0. The van der Waals surface area contributed by atoms with Gasteiger partial charge in [-0.05, 0) is 37.9 Å². The molecule has 2 saturated heterocycles. The molecule has 2 aliphatic heterocycles. The van der Waals surface area contributed by atoms with Gasteiger partial charge in [-0.15, -0.1) is 0 Å². The van der Waals surface area contributed by atoms with Crippen molar-refractivity contribution in [3.05, 3.63) is 35.9 Å². The molecule has 0 atom stereocenters. The van der Waals surface area contributed by atoms with Crippen molar-refractivity contribution in [1.82, 2.24) is 15.1 Å². The SMILES string of the molecule is c1ccc(CCN2CCC(N3CCNCC3)CC2)cc1. The van der Waals surface area contributed by atoms with Crippen LogP contribution in [-0.4, -0.2) is 61.7 Å². The second kappa shape index (κ2) is 7.21. The van der Waals surface area contributed by atoms with E-state index in [2.05, 4.69) is 45.4 Å². The highest BCUT2D eigenvalue weighted by Gasteiger charge is 2.25. The maximum atomic E-state index is 3.45. The van der Waals surface area contributed by atoms with E-state index in [0.29, 0.717) is 0 Å². The van der Waals surface area contributed by atoms with Gasteiger partial charge in [0.05, 0.1) is 0 Å². The van der Waals surface area contributed by atoms with Gasteiger partial charge in [-0.3, -0.25) is 4.90 Å². The van der Waals surface area contributed by atoms with Gasteiger partial charge in [0.25, 0.3) is 0 Å². The van der Waals surface area contributed by atoms with Crippen LogP contribution in [-0.2, 0) is 6.42 Å². The third kappa shape index (κ3) is 3.81. The number of hydrogen-bond donors (Lipinski definition) is 1. The van der Waals surface area contributed by atoms with E-state index in [9.17, 15) is 0 Å². The molecule has 2 fully saturated rings. The molecule has 1 N–H and O–H groups in total. The first-order chi connectivity index (χ1) is 9.92. The van der Waals surface area contributed by atoms with E-state index in [1.165, 1.54) is 70.6 Å². The fourth-order valence-electron chi connectivity index (χ4n) is 3.49. The first-order valence-electron chi connectivity index (χ1n) is 8.13. The molecular weight excluding hydrogens is 246 g/mol. The average Bonchev–Trinajstić information content (AvgIpc) is 2.55. The number of hydrogen-bond acceptors (Lipinski definition) is 3. The molecule has 0 unspecified atom stereocenters. The van der Waals surface area contributed by atoms with E-state index >= 15 is 0 Å². The quantitative estimate of drug-likeness (QED) is 0.899. The highest BCUT2D eigenvalue weighted by atomic mass is 15.2. The number of piperazine rings is 1. The van der Waals surface area contributed by atoms with Gasteiger partial charge in [0.15, 0.2) is 0 Å². The molecule has 0 radical (unpaired) electrons. The van der Waals surface area contributed by atoms with E-state index in [1.54, 1.807) is 0 Å². The number of benzene rings is 1. The van der Waals surface area contributed by atoms with Crippen molar-refractivity contribution in [1.29, 1.82) is 0 Å². The first-order valence-corrected chi connectivity index (χ1v) is 8.13. The Balaban J connectivity index is 1.40. The molecule has 3 heteroatoms. The van der Waals surface area contributed by atoms with Gasteiger partial charge < -0.3 is 10.2 Å². The summed E-state index contributed by atoms with van der Waals surface area (Å²) in [5, 5.41) is 3.45. The minimum atomic E-state index is 0.838. The Bertz CT molecular complexity index is 378. The zero-order chi connectivity index (χ0) is 13.6. The van der Waals surface area contributed by atoms with Gasteiger partial charge in [0.2, 0.25) is 0 Å². The largest absolute Gasteiger partial charge is 0.314 e. The third-order valence-corrected chi connectivity index (χ3v) is 4.78. The molecule has 0 amide bonds. The van der Waals surface area contributed by atoms with Gasteiger partial charge in [-0.2, -0.15) is 0 Å². The molecule has 2 aliphatic rings. The Morgan fingerprint density at radius 2 is 1.65 bits per heavy atom. The molecule has 0 aliphatic carbocycles. The lowest BCUT2D eigenvalue weighted by Gasteiger charge is -2.40. The van der Waals surface area contributed by atoms with E-state index in [1.807, 2.05) is 0 Å². The monoisotopic (exact) mass is 273 g/mol. The van der Waals surface area contributed by atoms with E-state index < -0.39 is 0 Å². The predicted molar refractivity (Wildman–Crippen MR) is 84.1 cm³/mol. The van der Waals surface area contributed by atoms with Crippen molar-refractivity contribution in [2.75, 3.05) is 45.8 Å². The number of rotatable bonds is 4. The Morgan fingerprint density at radius 3 is 2.35 bits per heavy atom. The van der Waals surface area contributed by atoms with Crippen molar-refractivity contribution in [3.8, 4) is 0 Å². The van der Waals surface area contributed by atoms with Crippen LogP contribution in [0, 0.1) is 0 Å². The van der Waals surface area contributed by atoms with Crippen LogP contribution in [0.15, 0.2) is 30.3 Å². The Kier molecular flexibility index (Phi) is 5.06. The third-order valence-electron chi connectivity index (χ3n) is 4.78. The molecule has 3 nitrogen and oxygen atoms in total. The number of piperidine rings is 1. The fraction of sp³-hybridized carbons (Fsp3) is 0.647. The van der Waals surface area contributed by atoms with Gasteiger partial charge in [-0.1, -0.05) is 30.3 Å². The van der Waals surface area contributed by atoms with Crippen LogP contribution in [0.4, 0.5) is 0 Å². The lowest BCUT2D eigenvalue weighted by atomic mass is 10.0. The van der Waals surface area contributed by atoms with Gasteiger partial charge in [0, 0.05) is 38.8 Å². The standard InChI is InChI=1S/C17H27N3/c1-2-4-16(5-3-1)6-11-19-12-7-17(8-13-19)20-14-9-18-10-15-20/h1-5,17-18H,6-15H2. The predicted octanol–water partition coefficient (Wildman–Crippen LogP) is 1.60. The number of nitrogens with zero attached hydrogens (tertiary/aromatic N) is 2. The normalized spacial score (nSPS) is 23.0. The molecule has 1 aromatic rings.